The predicted molar refractivity (Wildman–Crippen MR) is 99.5 cm³/mol. The quantitative estimate of drug-likeness (QED) is 0.588. The average molecular weight is 373 g/mol. The van der Waals surface area contributed by atoms with Crippen LogP contribution in [0.4, 0.5) is 10.5 Å². The number of para-hydroxylation sites is 1. The van der Waals surface area contributed by atoms with Gasteiger partial charge in [-0.1, -0.05) is 30.3 Å². The number of carbonyl (C=O) groups excluding carboxylic acids is 1. The number of aromatic hydroxyl groups is 1. The molecule has 0 saturated carbocycles. The summed E-state index contributed by atoms with van der Waals surface area (Å²) in [6, 6.07) is 13.4. The number of rotatable bonds is 6. The topological polar surface area (TPSA) is 96.3 Å². The zero-order chi connectivity index (χ0) is 20.0. The van der Waals surface area contributed by atoms with Gasteiger partial charge in [0.05, 0.1) is 5.69 Å². The van der Waals surface area contributed by atoms with E-state index < -0.39 is 23.8 Å². The van der Waals surface area contributed by atoms with Crippen molar-refractivity contribution in [2.75, 3.05) is 5.06 Å². The van der Waals surface area contributed by atoms with Gasteiger partial charge in [0.15, 0.2) is 6.04 Å². The van der Waals surface area contributed by atoms with Gasteiger partial charge in [0.1, 0.15) is 11.4 Å². The molecule has 0 radical (unpaired) electrons. The molecule has 0 heterocycles. The number of hydroxylamine groups is 1. The second kappa shape index (κ2) is 8.44. The van der Waals surface area contributed by atoms with Crippen LogP contribution in [0.1, 0.15) is 26.3 Å². The third-order valence-electron chi connectivity index (χ3n) is 3.51. The lowest BCUT2D eigenvalue weighted by Crippen LogP contribution is -2.45. The van der Waals surface area contributed by atoms with E-state index in [1.54, 1.807) is 63.2 Å². The molecule has 2 N–H and O–H groups in total. The van der Waals surface area contributed by atoms with Crippen molar-refractivity contribution in [3.8, 4) is 5.75 Å². The van der Waals surface area contributed by atoms with E-state index in [0.717, 1.165) is 5.06 Å². The molecule has 7 nitrogen and oxygen atoms in total. The number of phenols is 1. The lowest BCUT2D eigenvalue weighted by molar-refractivity contribution is -0.140. The Morgan fingerprint density at radius 1 is 1.04 bits per heavy atom. The summed E-state index contributed by atoms with van der Waals surface area (Å²) in [4.78, 5) is 29.4. The SMILES string of the molecule is CC(C)(C)OC(=O)ON(c1ccccc1)[C@@H](Cc1ccc(O)cc1)C(=O)O. The molecule has 0 unspecified atom stereocenters. The Balaban J connectivity index is 2.31. The molecule has 27 heavy (non-hydrogen) atoms. The highest BCUT2D eigenvalue weighted by Gasteiger charge is 2.31. The van der Waals surface area contributed by atoms with E-state index in [2.05, 4.69) is 0 Å². The summed E-state index contributed by atoms with van der Waals surface area (Å²) in [7, 11) is 0. The van der Waals surface area contributed by atoms with E-state index >= 15 is 0 Å². The minimum absolute atomic E-state index is 0.0489. The van der Waals surface area contributed by atoms with Gasteiger partial charge in [-0.05, 0) is 50.6 Å². The molecular weight excluding hydrogens is 350 g/mol. The van der Waals surface area contributed by atoms with Gasteiger partial charge in [0.2, 0.25) is 0 Å². The molecule has 0 aliphatic carbocycles. The van der Waals surface area contributed by atoms with Crippen molar-refractivity contribution in [2.24, 2.45) is 0 Å². The summed E-state index contributed by atoms with van der Waals surface area (Å²) >= 11 is 0. The van der Waals surface area contributed by atoms with Gasteiger partial charge >= 0.3 is 12.1 Å². The molecule has 0 aliphatic rings. The molecule has 2 aromatic rings. The molecule has 0 bridgehead atoms. The van der Waals surface area contributed by atoms with Crippen LogP contribution in [0.15, 0.2) is 54.6 Å². The Morgan fingerprint density at radius 2 is 1.63 bits per heavy atom. The van der Waals surface area contributed by atoms with Crippen LogP contribution in [-0.4, -0.2) is 34.0 Å². The molecular formula is C20H23NO6. The fraction of sp³-hybridized carbons (Fsp3) is 0.300. The molecule has 144 valence electrons. The van der Waals surface area contributed by atoms with Gasteiger partial charge < -0.3 is 19.8 Å². The Kier molecular flexibility index (Phi) is 6.28. The molecule has 2 aromatic carbocycles. The van der Waals surface area contributed by atoms with Crippen LogP contribution in [0, 0.1) is 0 Å². The standard InChI is InChI=1S/C20H23NO6/c1-20(2,3)26-19(25)27-21(15-7-5-4-6-8-15)17(18(23)24)13-14-9-11-16(22)12-10-14/h4-12,17,22H,13H2,1-3H3,(H,23,24)/t17-/m0/s1. The zero-order valence-corrected chi connectivity index (χ0v) is 15.5. The maximum Gasteiger partial charge on any atom is 0.533 e. The summed E-state index contributed by atoms with van der Waals surface area (Å²) in [5, 5.41) is 20.2. The number of phenolic OH excluding ortho intramolecular Hbond substituents is 1. The fourth-order valence-electron chi connectivity index (χ4n) is 2.35. The summed E-state index contributed by atoms with van der Waals surface area (Å²) < 4.78 is 5.16. The first-order valence-electron chi connectivity index (χ1n) is 8.41. The first kappa shape index (κ1) is 20.1. The van der Waals surface area contributed by atoms with Crippen LogP contribution in [-0.2, 0) is 20.8 Å². The Labute approximate surface area is 157 Å². The number of hydrogen-bond donors (Lipinski definition) is 2. The Morgan fingerprint density at radius 3 is 2.15 bits per heavy atom. The number of carboxylic acids is 1. The van der Waals surface area contributed by atoms with Crippen molar-refractivity contribution in [2.45, 2.75) is 38.8 Å². The first-order valence-corrected chi connectivity index (χ1v) is 8.41. The molecule has 1 atom stereocenters. The summed E-state index contributed by atoms with van der Waals surface area (Å²) in [6.07, 6.45) is -0.948. The molecule has 0 spiro atoms. The van der Waals surface area contributed by atoms with Gasteiger partial charge in [-0.3, -0.25) is 0 Å². The number of carboxylic acid groups (broad SMARTS) is 1. The molecule has 0 aromatic heterocycles. The van der Waals surface area contributed by atoms with Crippen molar-refractivity contribution >= 4 is 17.8 Å². The second-order valence-electron chi connectivity index (χ2n) is 6.94. The van der Waals surface area contributed by atoms with Crippen molar-refractivity contribution in [1.29, 1.82) is 0 Å². The minimum Gasteiger partial charge on any atom is -0.508 e. The fourth-order valence-corrected chi connectivity index (χ4v) is 2.35. The summed E-state index contributed by atoms with van der Waals surface area (Å²) in [6.45, 7) is 5.06. The molecule has 0 aliphatic heterocycles. The molecule has 2 rings (SSSR count). The van der Waals surface area contributed by atoms with E-state index in [-0.39, 0.29) is 12.2 Å². The van der Waals surface area contributed by atoms with Gasteiger partial charge in [-0.25, -0.2) is 9.59 Å². The highest BCUT2D eigenvalue weighted by molar-refractivity contribution is 5.79. The number of hydrogen-bond acceptors (Lipinski definition) is 6. The van der Waals surface area contributed by atoms with Crippen LogP contribution in [0.25, 0.3) is 0 Å². The Bertz CT molecular complexity index is 767. The number of nitrogens with zero attached hydrogens (tertiary/aromatic N) is 1. The van der Waals surface area contributed by atoms with Gasteiger partial charge in [0, 0.05) is 6.42 Å². The van der Waals surface area contributed by atoms with E-state index in [1.807, 2.05) is 0 Å². The molecule has 7 heteroatoms. The average Bonchev–Trinajstić information content (AvgIpc) is 2.58. The number of ether oxygens (including phenoxy) is 1. The third-order valence-corrected chi connectivity index (χ3v) is 3.51. The maximum absolute atomic E-state index is 12.2. The second-order valence-corrected chi connectivity index (χ2v) is 6.94. The van der Waals surface area contributed by atoms with Crippen LogP contribution in [0.2, 0.25) is 0 Å². The number of anilines is 1. The van der Waals surface area contributed by atoms with Gasteiger partial charge in [0.25, 0.3) is 0 Å². The van der Waals surface area contributed by atoms with Crippen LogP contribution >= 0.6 is 0 Å². The monoisotopic (exact) mass is 373 g/mol. The number of carbonyl (C=O) groups is 2. The van der Waals surface area contributed by atoms with Crippen molar-refractivity contribution in [1.82, 2.24) is 0 Å². The summed E-state index contributed by atoms with van der Waals surface area (Å²) in [5.74, 6) is -1.09. The van der Waals surface area contributed by atoms with Crippen molar-refractivity contribution in [3.63, 3.8) is 0 Å². The molecule has 0 fully saturated rings. The zero-order valence-electron chi connectivity index (χ0n) is 15.5. The van der Waals surface area contributed by atoms with E-state index in [4.69, 9.17) is 9.57 Å². The highest BCUT2D eigenvalue weighted by atomic mass is 16.8. The number of aliphatic carboxylic acids is 1. The van der Waals surface area contributed by atoms with Crippen molar-refractivity contribution < 1.29 is 29.4 Å². The van der Waals surface area contributed by atoms with Crippen LogP contribution in [0.5, 0.6) is 5.75 Å². The predicted octanol–water partition coefficient (Wildman–Crippen LogP) is 3.76. The molecule has 0 saturated heterocycles. The maximum atomic E-state index is 12.2. The number of benzene rings is 2. The van der Waals surface area contributed by atoms with Crippen LogP contribution < -0.4 is 5.06 Å². The minimum atomic E-state index is -1.19. The Hall–Kier alpha value is -3.22. The van der Waals surface area contributed by atoms with Gasteiger partial charge in [-0.2, -0.15) is 5.06 Å². The summed E-state index contributed by atoms with van der Waals surface area (Å²) in [5.41, 5.74) is 0.276. The van der Waals surface area contributed by atoms with E-state index in [9.17, 15) is 19.8 Å². The van der Waals surface area contributed by atoms with E-state index in [1.165, 1.54) is 12.1 Å². The third kappa shape index (κ3) is 6.22. The highest BCUT2D eigenvalue weighted by Crippen LogP contribution is 2.22. The van der Waals surface area contributed by atoms with E-state index in [0.29, 0.717) is 11.3 Å². The molecule has 0 amide bonds. The van der Waals surface area contributed by atoms with Crippen molar-refractivity contribution in [3.05, 3.63) is 60.2 Å². The largest absolute Gasteiger partial charge is 0.533 e. The normalized spacial score (nSPS) is 12.1. The smallest absolute Gasteiger partial charge is 0.508 e. The lowest BCUT2D eigenvalue weighted by atomic mass is 10.1. The van der Waals surface area contributed by atoms with Gasteiger partial charge in [-0.15, -0.1) is 0 Å². The van der Waals surface area contributed by atoms with Crippen LogP contribution in [0.3, 0.4) is 0 Å². The first-order chi connectivity index (χ1) is 12.7. The lowest BCUT2D eigenvalue weighted by Gasteiger charge is -2.30.